The average Bonchev–Trinajstić information content (AvgIpc) is 3.13. The maximum atomic E-state index is 13.3. The van der Waals surface area contributed by atoms with Gasteiger partial charge in [-0.3, -0.25) is 0 Å². The van der Waals surface area contributed by atoms with Crippen molar-refractivity contribution in [2.75, 3.05) is 6.61 Å². The Morgan fingerprint density at radius 2 is 1.70 bits per heavy atom. The number of rotatable bonds is 6. The molecule has 0 fully saturated rings. The number of para-hydroxylation sites is 1. The zero-order chi connectivity index (χ0) is 18.9. The molecule has 0 aliphatic heterocycles. The first-order valence-electron chi connectivity index (χ1n) is 8.83. The predicted molar refractivity (Wildman–Crippen MR) is 104 cm³/mol. The quantitative estimate of drug-likeness (QED) is 0.472. The van der Waals surface area contributed by atoms with Crippen molar-refractivity contribution in [3.05, 3.63) is 60.7 Å². The van der Waals surface area contributed by atoms with Crippen LogP contribution < -0.4 is 4.74 Å². The zero-order valence-corrected chi connectivity index (χ0v) is 15.7. The van der Waals surface area contributed by atoms with Crippen LogP contribution in [0.3, 0.4) is 0 Å². The van der Waals surface area contributed by atoms with Gasteiger partial charge in [0.15, 0.2) is 0 Å². The third-order valence-corrected chi connectivity index (χ3v) is 6.06. The lowest BCUT2D eigenvalue weighted by Gasteiger charge is -2.13. The molecule has 27 heavy (non-hydrogen) atoms. The van der Waals surface area contributed by atoms with Crippen LogP contribution in [-0.4, -0.2) is 29.4 Å². The van der Waals surface area contributed by atoms with E-state index in [0.717, 1.165) is 22.3 Å². The Labute approximate surface area is 157 Å². The number of fused-ring (bicyclic) bond motifs is 2. The van der Waals surface area contributed by atoms with Crippen LogP contribution in [0.25, 0.3) is 21.8 Å². The Bertz CT molecular complexity index is 1220. The highest BCUT2D eigenvalue weighted by Crippen LogP contribution is 2.32. The molecule has 0 saturated carbocycles. The van der Waals surface area contributed by atoms with Crippen LogP contribution in [0.4, 0.5) is 0 Å². The van der Waals surface area contributed by atoms with Crippen molar-refractivity contribution in [2.24, 2.45) is 0 Å². The van der Waals surface area contributed by atoms with Crippen LogP contribution in [0.2, 0.25) is 0 Å². The summed E-state index contributed by atoms with van der Waals surface area (Å²) in [6.45, 7) is 2.69. The summed E-state index contributed by atoms with van der Waals surface area (Å²) in [7, 11) is -3.90. The highest BCUT2D eigenvalue weighted by molar-refractivity contribution is 7.90. The van der Waals surface area contributed by atoms with E-state index in [0.29, 0.717) is 28.8 Å². The van der Waals surface area contributed by atoms with Gasteiger partial charge in [-0.2, -0.15) is 8.42 Å². The largest absolute Gasteiger partial charge is 0.493 e. The van der Waals surface area contributed by atoms with Gasteiger partial charge in [-0.15, -0.1) is 9.19 Å². The molecule has 0 amide bonds. The van der Waals surface area contributed by atoms with Crippen molar-refractivity contribution in [3.63, 3.8) is 0 Å². The first-order valence-corrected chi connectivity index (χ1v) is 10.3. The van der Waals surface area contributed by atoms with Gasteiger partial charge < -0.3 is 4.74 Å². The fourth-order valence-electron chi connectivity index (χ4n) is 3.04. The molecule has 0 unspecified atom stereocenters. The lowest BCUT2D eigenvalue weighted by Crippen LogP contribution is -2.15. The van der Waals surface area contributed by atoms with Gasteiger partial charge in [0, 0.05) is 10.8 Å². The van der Waals surface area contributed by atoms with Gasteiger partial charge in [0.2, 0.25) is 0 Å². The predicted octanol–water partition coefficient (Wildman–Crippen LogP) is 4.00. The standard InChI is InChI=1S/C20H19N3O3S/c1-2-3-14-26-19-12-13-20(16-9-5-4-8-15(16)19)27(24,25)23-18-11-7-6-10-17(18)21-22-23/h4-13H,2-3,14H2,1H3. The van der Waals surface area contributed by atoms with E-state index in [4.69, 9.17) is 4.74 Å². The molecule has 0 N–H and O–H groups in total. The van der Waals surface area contributed by atoms with Gasteiger partial charge in [-0.1, -0.05) is 55.0 Å². The summed E-state index contributed by atoms with van der Waals surface area (Å²) in [5, 5.41) is 9.21. The Hall–Kier alpha value is -2.93. The molecule has 138 valence electrons. The summed E-state index contributed by atoms with van der Waals surface area (Å²) in [6, 6.07) is 17.6. The van der Waals surface area contributed by atoms with Crippen LogP contribution in [0, 0.1) is 0 Å². The molecular formula is C20H19N3O3S. The van der Waals surface area contributed by atoms with Gasteiger partial charge in [0.1, 0.15) is 16.8 Å². The molecule has 0 spiro atoms. The smallest absolute Gasteiger partial charge is 0.285 e. The minimum Gasteiger partial charge on any atom is -0.493 e. The molecule has 7 heteroatoms. The maximum absolute atomic E-state index is 13.3. The molecular weight excluding hydrogens is 362 g/mol. The van der Waals surface area contributed by atoms with Gasteiger partial charge >= 0.3 is 0 Å². The molecule has 0 saturated heterocycles. The number of hydrogen-bond acceptors (Lipinski definition) is 5. The van der Waals surface area contributed by atoms with Gasteiger partial charge in [-0.25, -0.2) is 0 Å². The van der Waals surface area contributed by atoms with Crippen molar-refractivity contribution < 1.29 is 13.2 Å². The van der Waals surface area contributed by atoms with Crippen molar-refractivity contribution in [1.82, 2.24) is 14.4 Å². The van der Waals surface area contributed by atoms with E-state index in [-0.39, 0.29) is 4.90 Å². The summed E-state index contributed by atoms with van der Waals surface area (Å²) >= 11 is 0. The molecule has 1 aromatic heterocycles. The Morgan fingerprint density at radius 3 is 2.52 bits per heavy atom. The van der Waals surface area contributed by atoms with Gasteiger partial charge in [0.05, 0.1) is 11.5 Å². The topological polar surface area (TPSA) is 74.1 Å². The SMILES string of the molecule is CCCCOc1ccc(S(=O)(=O)n2nnc3ccccc32)c2ccccc12. The van der Waals surface area contributed by atoms with Crippen molar-refractivity contribution in [3.8, 4) is 5.75 Å². The average molecular weight is 381 g/mol. The molecule has 1 heterocycles. The highest BCUT2D eigenvalue weighted by Gasteiger charge is 2.24. The molecule has 0 atom stereocenters. The van der Waals surface area contributed by atoms with Crippen LogP contribution in [-0.2, 0) is 10.0 Å². The molecule has 4 aromatic rings. The fourth-order valence-corrected chi connectivity index (χ4v) is 4.47. The molecule has 4 rings (SSSR count). The van der Waals surface area contributed by atoms with Crippen LogP contribution in [0.15, 0.2) is 65.6 Å². The number of nitrogens with zero attached hydrogens (tertiary/aromatic N) is 3. The summed E-state index contributed by atoms with van der Waals surface area (Å²) in [4.78, 5) is 0.177. The monoisotopic (exact) mass is 381 g/mol. The molecule has 6 nitrogen and oxygen atoms in total. The lowest BCUT2D eigenvalue weighted by atomic mass is 10.1. The first kappa shape index (κ1) is 17.5. The summed E-state index contributed by atoms with van der Waals surface area (Å²) in [6.07, 6.45) is 1.98. The Morgan fingerprint density at radius 1 is 0.963 bits per heavy atom. The summed E-state index contributed by atoms with van der Waals surface area (Å²) < 4.78 is 33.5. The number of hydrogen-bond donors (Lipinski definition) is 0. The number of unbranched alkanes of at least 4 members (excludes halogenated alkanes) is 1. The normalized spacial score (nSPS) is 11.9. The van der Waals surface area contributed by atoms with E-state index in [1.807, 2.05) is 18.2 Å². The third kappa shape index (κ3) is 3.04. The van der Waals surface area contributed by atoms with Gasteiger partial charge in [-0.05, 0) is 30.7 Å². The highest BCUT2D eigenvalue weighted by atomic mass is 32.2. The van der Waals surface area contributed by atoms with Crippen LogP contribution in [0.1, 0.15) is 19.8 Å². The molecule has 3 aromatic carbocycles. The Balaban J connectivity index is 1.87. The zero-order valence-electron chi connectivity index (χ0n) is 14.9. The second-order valence-corrected chi connectivity index (χ2v) is 7.97. The van der Waals surface area contributed by atoms with Gasteiger partial charge in [0.25, 0.3) is 10.0 Å². The van der Waals surface area contributed by atoms with E-state index >= 15 is 0 Å². The Kier molecular flexibility index (Phi) is 4.53. The fraction of sp³-hybridized carbons (Fsp3) is 0.200. The maximum Gasteiger partial charge on any atom is 0.285 e. The van der Waals surface area contributed by atoms with E-state index in [1.165, 1.54) is 0 Å². The van der Waals surface area contributed by atoms with Crippen LogP contribution >= 0.6 is 0 Å². The van der Waals surface area contributed by atoms with E-state index in [1.54, 1.807) is 42.5 Å². The van der Waals surface area contributed by atoms with E-state index in [9.17, 15) is 8.42 Å². The molecule has 0 aliphatic rings. The van der Waals surface area contributed by atoms with Crippen molar-refractivity contribution in [1.29, 1.82) is 0 Å². The summed E-state index contributed by atoms with van der Waals surface area (Å²) in [5.74, 6) is 0.682. The molecule has 0 bridgehead atoms. The van der Waals surface area contributed by atoms with Crippen molar-refractivity contribution >= 4 is 31.8 Å². The first-order chi connectivity index (χ1) is 13.1. The minimum absolute atomic E-state index is 0.177. The minimum atomic E-state index is -3.90. The van der Waals surface area contributed by atoms with E-state index < -0.39 is 10.0 Å². The van der Waals surface area contributed by atoms with Crippen LogP contribution in [0.5, 0.6) is 5.75 Å². The third-order valence-electron chi connectivity index (χ3n) is 4.43. The lowest BCUT2D eigenvalue weighted by molar-refractivity contribution is 0.313. The second kappa shape index (κ2) is 7.00. The molecule has 0 radical (unpaired) electrons. The number of aromatic nitrogens is 3. The molecule has 0 aliphatic carbocycles. The summed E-state index contributed by atoms with van der Waals surface area (Å²) in [5.41, 5.74) is 0.981. The number of benzene rings is 3. The van der Waals surface area contributed by atoms with E-state index in [2.05, 4.69) is 17.2 Å². The number of ether oxygens (including phenoxy) is 1. The van der Waals surface area contributed by atoms with Crippen molar-refractivity contribution in [2.45, 2.75) is 24.7 Å². The second-order valence-electron chi connectivity index (χ2n) is 6.24.